The summed E-state index contributed by atoms with van der Waals surface area (Å²) in [6.45, 7) is 0. The molecule has 4 heterocycles. The molecule has 0 N–H and O–H groups in total. The van der Waals surface area contributed by atoms with Crippen LogP contribution in [-0.2, 0) is 0 Å². The molecule has 0 aliphatic rings. The van der Waals surface area contributed by atoms with E-state index in [4.69, 9.17) is 29.9 Å². The Balaban J connectivity index is 1.12. The summed E-state index contributed by atoms with van der Waals surface area (Å²) in [5.74, 6) is 3.35. The smallest absolute Gasteiger partial charge is 0.166 e. The van der Waals surface area contributed by atoms with Gasteiger partial charge >= 0.3 is 0 Å². The average Bonchev–Trinajstić information content (AvgIpc) is 3.94. The molecule has 13 aromatic rings. The Bertz CT molecular complexity index is 3890. The van der Waals surface area contributed by atoms with Gasteiger partial charge in [-0.25, -0.2) is 29.9 Å². The van der Waals surface area contributed by atoms with Crippen LogP contribution in [0.1, 0.15) is 0 Å². The van der Waals surface area contributed by atoms with E-state index in [1.807, 2.05) is 121 Å². The topological polar surface area (TPSA) is 87.2 Å². The lowest BCUT2D eigenvalue weighted by atomic mass is 10.0. The second-order valence-electron chi connectivity index (χ2n) is 16.7. The van der Waals surface area contributed by atoms with E-state index in [-0.39, 0.29) is 0 Å². The third-order valence-electron chi connectivity index (χ3n) is 12.6. The Labute approximate surface area is 391 Å². The Morgan fingerprint density at radius 1 is 0.250 bits per heavy atom. The van der Waals surface area contributed by atoms with Crippen LogP contribution in [-0.4, -0.2) is 39.0 Å². The highest BCUT2D eigenvalue weighted by atomic mass is 15.1. The summed E-state index contributed by atoms with van der Waals surface area (Å²) in [5, 5.41) is 4.69. The van der Waals surface area contributed by atoms with Gasteiger partial charge in [-0.15, -0.1) is 0 Å². The second kappa shape index (κ2) is 16.2. The molecular weight excluding hydrogens is 833 g/mol. The molecule has 0 aliphatic heterocycles. The van der Waals surface area contributed by atoms with Crippen molar-refractivity contribution in [1.29, 1.82) is 0 Å². The van der Waals surface area contributed by atoms with Gasteiger partial charge in [0.25, 0.3) is 0 Å². The van der Waals surface area contributed by atoms with Gasteiger partial charge in [-0.1, -0.05) is 176 Å². The minimum Gasteiger partial charge on any atom is -0.309 e. The highest BCUT2D eigenvalue weighted by molar-refractivity contribution is 6.29. The normalized spacial score (nSPS) is 11.5. The van der Waals surface area contributed by atoms with Gasteiger partial charge in [0.15, 0.2) is 34.9 Å². The average molecular weight is 871 g/mol. The lowest BCUT2D eigenvalue weighted by Crippen LogP contribution is -2.05. The van der Waals surface area contributed by atoms with Crippen molar-refractivity contribution in [2.45, 2.75) is 0 Å². The van der Waals surface area contributed by atoms with Gasteiger partial charge in [-0.3, -0.25) is 0 Å². The Kier molecular flexibility index (Phi) is 9.31. The molecule has 0 atom stereocenters. The zero-order chi connectivity index (χ0) is 45.0. The van der Waals surface area contributed by atoms with Crippen LogP contribution in [0.3, 0.4) is 0 Å². The molecule has 318 valence electrons. The molecule has 0 saturated carbocycles. The third kappa shape index (κ3) is 6.62. The van der Waals surface area contributed by atoms with Crippen LogP contribution >= 0.6 is 0 Å². The number of hydrogen-bond donors (Lipinski definition) is 0. The van der Waals surface area contributed by atoms with Crippen LogP contribution in [0.25, 0.3) is 123 Å². The van der Waals surface area contributed by atoms with E-state index in [2.05, 4.69) is 118 Å². The number of nitrogens with zero attached hydrogens (tertiary/aromatic N) is 8. The Hall–Kier alpha value is -9.40. The molecule has 9 aromatic carbocycles. The van der Waals surface area contributed by atoms with Gasteiger partial charge in [-0.05, 0) is 54.6 Å². The molecule has 8 heteroatoms. The number of para-hydroxylation sites is 3. The van der Waals surface area contributed by atoms with Crippen molar-refractivity contribution in [3.05, 3.63) is 231 Å². The van der Waals surface area contributed by atoms with E-state index in [9.17, 15) is 0 Å². The number of aromatic nitrogens is 8. The summed E-state index contributed by atoms with van der Waals surface area (Å²) >= 11 is 0. The quantitative estimate of drug-likeness (QED) is 0.151. The van der Waals surface area contributed by atoms with Crippen LogP contribution in [0.5, 0.6) is 0 Å². The molecule has 0 unspecified atom stereocenters. The van der Waals surface area contributed by atoms with Crippen molar-refractivity contribution in [2.24, 2.45) is 0 Å². The number of rotatable bonds is 8. The predicted octanol–water partition coefficient (Wildman–Crippen LogP) is 14.3. The van der Waals surface area contributed by atoms with Crippen LogP contribution in [0.15, 0.2) is 231 Å². The van der Waals surface area contributed by atoms with E-state index >= 15 is 0 Å². The minimum atomic E-state index is 0.517. The SMILES string of the molecule is c1ccc(-c2nc(-c3ccccc3)nc(-c3ccc(-n4c5ccccc5c5c6c7ccccc7n(-c7ccccc7)c6ccc54)c(-c4nc(-c5ccccc5)nc(-c5ccccc5)n4)c3)n2)cc1. The Morgan fingerprint density at radius 3 is 1.06 bits per heavy atom. The summed E-state index contributed by atoms with van der Waals surface area (Å²) in [4.78, 5) is 31.1. The van der Waals surface area contributed by atoms with Crippen molar-refractivity contribution in [3.63, 3.8) is 0 Å². The molecule has 0 fully saturated rings. The van der Waals surface area contributed by atoms with E-state index in [0.717, 1.165) is 72.2 Å². The summed E-state index contributed by atoms with van der Waals surface area (Å²) in [6, 6.07) is 79.2. The first-order valence-electron chi connectivity index (χ1n) is 22.6. The van der Waals surface area contributed by atoms with Gasteiger partial charge in [0.1, 0.15) is 0 Å². The Morgan fingerprint density at radius 2 is 0.603 bits per heavy atom. The maximum atomic E-state index is 5.33. The van der Waals surface area contributed by atoms with Gasteiger partial charge in [0, 0.05) is 60.6 Å². The van der Waals surface area contributed by atoms with Crippen molar-refractivity contribution in [1.82, 2.24) is 39.0 Å². The van der Waals surface area contributed by atoms with Crippen LogP contribution in [0.4, 0.5) is 0 Å². The van der Waals surface area contributed by atoms with E-state index in [0.29, 0.717) is 34.9 Å². The van der Waals surface area contributed by atoms with Crippen LogP contribution < -0.4 is 0 Å². The first kappa shape index (κ1) is 39.0. The molecule has 0 aliphatic carbocycles. The van der Waals surface area contributed by atoms with Crippen molar-refractivity contribution < 1.29 is 0 Å². The molecule has 0 saturated heterocycles. The van der Waals surface area contributed by atoms with Crippen molar-refractivity contribution in [3.8, 4) is 79.7 Å². The molecule has 0 radical (unpaired) electrons. The molecule has 0 amide bonds. The summed E-state index contributed by atoms with van der Waals surface area (Å²) < 4.78 is 4.74. The van der Waals surface area contributed by atoms with E-state index in [1.54, 1.807) is 0 Å². The second-order valence-corrected chi connectivity index (χ2v) is 16.7. The fraction of sp³-hybridized carbons (Fsp3) is 0. The molecular formula is C60H38N8. The number of hydrogen-bond acceptors (Lipinski definition) is 6. The minimum absolute atomic E-state index is 0.517. The highest BCUT2D eigenvalue weighted by Gasteiger charge is 2.24. The lowest BCUT2D eigenvalue weighted by molar-refractivity contribution is 1.06. The maximum absolute atomic E-state index is 5.33. The zero-order valence-electron chi connectivity index (χ0n) is 36.5. The first-order valence-corrected chi connectivity index (χ1v) is 22.6. The molecule has 0 bridgehead atoms. The largest absolute Gasteiger partial charge is 0.309 e. The van der Waals surface area contributed by atoms with Gasteiger partial charge in [0.2, 0.25) is 0 Å². The summed E-state index contributed by atoms with van der Waals surface area (Å²) in [7, 11) is 0. The zero-order valence-corrected chi connectivity index (χ0v) is 36.5. The van der Waals surface area contributed by atoms with Gasteiger partial charge in [-0.2, -0.15) is 0 Å². The predicted molar refractivity (Wildman–Crippen MR) is 275 cm³/mol. The number of benzene rings is 9. The molecule has 68 heavy (non-hydrogen) atoms. The molecule has 4 aromatic heterocycles. The molecule has 8 nitrogen and oxygen atoms in total. The fourth-order valence-corrected chi connectivity index (χ4v) is 9.55. The fourth-order valence-electron chi connectivity index (χ4n) is 9.55. The highest BCUT2D eigenvalue weighted by Crippen LogP contribution is 2.44. The number of fused-ring (bicyclic) bond motifs is 7. The molecule has 0 spiro atoms. The van der Waals surface area contributed by atoms with Gasteiger partial charge < -0.3 is 9.13 Å². The lowest BCUT2D eigenvalue weighted by Gasteiger charge is -2.16. The monoisotopic (exact) mass is 870 g/mol. The maximum Gasteiger partial charge on any atom is 0.166 e. The van der Waals surface area contributed by atoms with Gasteiger partial charge in [0.05, 0.1) is 27.8 Å². The molecule has 13 rings (SSSR count). The summed E-state index contributed by atoms with van der Waals surface area (Å²) in [5.41, 5.74) is 11.6. The first-order chi connectivity index (χ1) is 33.7. The van der Waals surface area contributed by atoms with E-state index < -0.39 is 0 Å². The standard InChI is InChI=1S/C60H38N8/c1-6-20-39(21-7-1)55-61-56(40-22-8-2-9-23-40)64-59(63-55)43-34-35-50(47(38-43)60-65-57(41-24-10-3-11-25-41)62-58(66-60)42-26-12-4-13-27-42)68-49-33-19-17-31-46(49)54-52(68)37-36-51-53(54)45-30-16-18-32-48(45)67(51)44-28-14-5-15-29-44/h1-38H. The summed E-state index contributed by atoms with van der Waals surface area (Å²) in [6.07, 6.45) is 0. The van der Waals surface area contributed by atoms with Crippen molar-refractivity contribution in [2.75, 3.05) is 0 Å². The van der Waals surface area contributed by atoms with Crippen LogP contribution in [0, 0.1) is 0 Å². The van der Waals surface area contributed by atoms with Crippen LogP contribution in [0.2, 0.25) is 0 Å². The third-order valence-corrected chi connectivity index (χ3v) is 12.6. The van der Waals surface area contributed by atoms with Crippen molar-refractivity contribution >= 4 is 43.6 Å². The van der Waals surface area contributed by atoms with E-state index in [1.165, 1.54) is 16.2 Å².